The van der Waals surface area contributed by atoms with E-state index in [9.17, 15) is 14.4 Å². The van der Waals surface area contributed by atoms with Crippen LogP contribution in [0.4, 0.5) is 9.59 Å². The average Bonchev–Trinajstić information content (AvgIpc) is 2.72. The highest BCUT2D eigenvalue weighted by Gasteiger charge is 2.48. The van der Waals surface area contributed by atoms with Gasteiger partial charge < -0.3 is 23.7 Å². The lowest BCUT2D eigenvalue weighted by Crippen LogP contribution is -2.45. The lowest BCUT2D eigenvalue weighted by atomic mass is 9.61. The molecule has 38 heavy (non-hydrogen) atoms. The number of esters is 1. The average molecular weight is 537 g/mol. The second-order valence-corrected chi connectivity index (χ2v) is 13.5. The topological polar surface area (TPSA) is 97.4 Å². The largest absolute Gasteiger partial charge is 0.514 e. The van der Waals surface area contributed by atoms with E-state index in [1.54, 1.807) is 27.7 Å². The summed E-state index contributed by atoms with van der Waals surface area (Å²) in [5.41, 5.74) is -2.86. The number of carbonyl (C=O) groups is 3. The van der Waals surface area contributed by atoms with E-state index >= 15 is 0 Å². The van der Waals surface area contributed by atoms with E-state index in [1.165, 1.54) is 18.2 Å². The summed E-state index contributed by atoms with van der Waals surface area (Å²) in [5, 5.41) is 0. The van der Waals surface area contributed by atoms with Crippen molar-refractivity contribution in [3.8, 4) is 17.2 Å². The van der Waals surface area contributed by atoms with Crippen molar-refractivity contribution in [2.75, 3.05) is 0 Å². The van der Waals surface area contributed by atoms with Crippen LogP contribution in [0.1, 0.15) is 109 Å². The van der Waals surface area contributed by atoms with Gasteiger partial charge in [0.15, 0.2) is 11.5 Å². The molecular formula is C30H48O8. The summed E-state index contributed by atoms with van der Waals surface area (Å²) in [5.74, 6) is -0.516. The van der Waals surface area contributed by atoms with Gasteiger partial charge in [-0.15, -0.1) is 0 Å². The van der Waals surface area contributed by atoms with Crippen LogP contribution < -0.4 is 14.2 Å². The van der Waals surface area contributed by atoms with Gasteiger partial charge in [-0.2, -0.15) is 0 Å². The van der Waals surface area contributed by atoms with Gasteiger partial charge in [-0.1, -0.05) is 55.4 Å². The van der Waals surface area contributed by atoms with Crippen molar-refractivity contribution in [2.45, 2.75) is 120 Å². The Kier molecular flexibility index (Phi) is 10.5. The Labute approximate surface area is 228 Å². The Balaban J connectivity index is 3.37. The number of benzene rings is 1. The molecule has 0 radical (unpaired) electrons. The molecule has 0 amide bonds. The van der Waals surface area contributed by atoms with E-state index in [2.05, 4.69) is 20.8 Å². The minimum Gasteiger partial charge on any atom is -0.428 e. The van der Waals surface area contributed by atoms with Crippen LogP contribution >= 0.6 is 0 Å². The predicted molar refractivity (Wildman–Crippen MR) is 147 cm³/mol. The lowest BCUT2D eigenvalue weighted by molar-refractivity contribution is -0.154. The molecule has 8 nitrogen and oxygen atoms in total. The second kappa shape index (κ2) is 12.0. The Morgan fingerprint density at radius 1 is 0.658 bits per heavy atom. The van der Waals surface area contributed by atoms with Gasteiger partial charge in [0.25, 0.3) is 0 Å². The van der Waals surface area contributed by atoms with Gasteiger partial charge in [-0.3, -0.25) is 4.79 Å². The third-order valence-electron chi connectivity index (χ3n) is 6.92. The van der Waals surface area contributed by atoms with Crippen molar-refractivity contribution >= 4 is 18.3 Å². The number of hydrogen-bond acceptors (Lipinski definition) is 8. The highest BCUT2D eigenvalue weighted by atomic mass is 16.8. The highest BCUT2D eigenvalue weighted by molar-refractivity contribution is 5.80. The molecule has 1 atom stereocenters. The van der Waals surface area contributed by atoms with Gasteiger partial charge in [0.2, 0.25) is 0 Å². The van der Waals surface area contributed by atoms with Gasteiger partial charge in [-0.25, -0.2) is 9.59 Å². The minimum atomic E-state index is -0.986. The maximum absolute atomic E-state index is 13.5. The number of ether oxygens (including phenoxy) is 5. The molecule has 0 saturated carbocycles. The van der Waals surface area contributed by atoms with Crippen molar-refractivity contribution in [2.24, 2.45) is 16.2 Å². The summed E-state index contributed by atoms with van der Waals surface area (Å²) in [6, 6.07) is 4.18. The zero-order chi connectivity index (χ0) is 29.7. The van der Waals surface area contributed by atoms with E-state index in [-0.39, 0.29) is 22.7 Å². The molecule has 1 aromatic rings. The van der Waals surface area contributed by atoms with E-state index in [0.29, 0.717) is 19.3 Å². The second-order valence-electron chi connectivity index (χ2n) is 13.5. The Morgan fingerprint density at radius 3 is 1.50 bits per heavy atom. The third kappa shape index (κ3) is 9.84. The van der Waals surface area contributed by atoms with Crippen LogP contribution in [0.15, 0.2) is 18.2 Å². The SMILES string of the molecule is CCC(C)(C)OC(=O)Oc1ccc(OC(=O)C(C)(CC(C)(C)C)C(C)(C)C)cc1OC(=O)OC(C)(C)CC. The Bertz CT molecular complexity index is 994. The summed E-state index contributed by atoms with van der Waals surface area (Å²) in [4.78, 5) is 38.5. The van der Waals surface area contributed by atoms with Gasteiger partial charge in [0.1, 0.15) is 17.0 Å². The van der Waals surface area contributed by atoms with E-state index < -0.39 is 40.3 Å². The number of carbonyl (C=O) groups excluding carboxylic acids is 3. The maximum Gasteiger partial charge on any atom is 0.514 e. The molecule has 1 aromatic carbocycles. The first-order valence-corrected chi connectivity index (χ1v) is 13.2. The molecule has 1 unspecified atom stereocenters. The standard InChI is InChI=1S/C30H48O8/c1-14-28(9,10)37-24(32)35-21-17-16-20(18-22(21)36-25(33)38-29(11,12)15-2)34-23(31)30(13,27(6,7)8)19-26(3,4)5/h16-18H,14-15,19H2,1-13H3. The zero-order valence-corrected chi connectivity index (χ0v) is 25.6. The molecule has 1 rings (SSSR count). The first kappa shape index (κ1) is 33.3. The van der Waals surface area contributed by atoms with Crippen molar-refractivity contribution in [3.05, 3.63) is 18.2 Å². The van der Waals surface area contributed by atoms with Crippen LogP contribution in [0.2, 0.25) is 0 Å². The summed E-state index contributed by atoms with van der Waals surface area (Å²) in [6.07, 6.45) is -0.232. The molecule has 0 bridgehead atoms. The first-order chi connectivity index (χ1) is 17.0. The molecule has 0 aliphatic rings. The first-order valence-electron chi connectivity index (χ1n) is 13.2. The number of hydrogen-bond donors (Lipinski definition) is 0. The van der Waals surface area contributed by atoms with Crippen molar-refractivity contribution in [1.29, 1.82) is 0 Å². The van der Waals surface area contributed by atoms with Crippen molar-refractivity contribution in [3.63, 3.8) is 0 Å². The quantitative estimate of drug-likeness (QED) is 0.176. The zero-order valence-electron chi connectivity index (χ0n) is 25.6. The molecule has 0 saturated heterocycles. The highest BCUT2D eigenvalue weighted by Crippen LogP contribution is 2.47. The van der Waals surface area contributed by atoms with Crippen molar-refractivity contribution < 1.29 is 38.1 Å². The van der Waals surface area contributed by atoms with Crippen molar-refractivity contribution in [1.82, 2.24) is 0 Å². The molecular weight excluding hydrogens is 488 g/mol. The van der Waals surface area contributed by atoms with Crippen LogP contribution in [0.3, 0.4) is 0 Å². The fraction of sp³-hybridized carbons (Fsp3) is 0.700. The van der Waals surface area contributed by atoms with E-state index in [0.717, 1.165) is 0 Å². The summed E-state index contributed by atoms with van der Waals surface area (Å²) >= 11 is 0. The summed E-state index contributed by atoms with van der Waals surface area (Å²) in [7, 11) is 0. The fourth-order valence-electron chi connectivity index (χ4n) is 3.46. The van der Waals surface area contributed by atoms with Gasteiger partial charge in [0, 0.05) is 6.07 Å². The minimum absolute atomic E-state index is 0.0822. The van der Waals surface area contributed by atoms with Gasteiger partial charge >= 0.3 is 18.3 Å². The van der Waals surface area contributed by atoms with E-state index in [1.807, 2.05) is 41.5 Å². The summed E-state index contributed by atoms with van der Waals surface area (Å²) in [6.45, 7) is 24.9. The molecule has 8 heteroatoms. The monoisotopic (exact) mass is 536 g/mol. The Morgan fingerprint density at radius 2 is 1.11 bits per heavy atom. The molecule has 0 heterocycles. The van der Waals surface area contributed by atoms with Crippen LogP contribution in [-0.4, -0.2) is 29.5 Å². The van der Waals surface area contributed by atoms with Crippen LogP contribution in [0.5, 0.6) is 17.2 Å². The maximum atomic E-state index is 13.5. The van der Waals surface area contributed by atoms with Crippen LogP contribution in [0.25, 0.3) is 0 Å². The van der Waals surface area contributed by atoms with Crippen LogP contribution in [0, 0.1) is 16.2 Å². The van der Waals surface area contributed by atoms with Gasteiger partial charge in [0.05, 0.1) is 5.41 Å². The lowest BCUT2D eigenvalue weighted by Gasteiger charge is -2.43. The fourth-order valence-corrected chi connectivity index (χ4v) is 3.46. The molecule has 216 valence electrons. The summed E-state index contributed by atoms with van der Waals surface area (Å²) < 4.78 is 27.3. The molecule has 0 spiro atoms. The Hall–Kier alpha value is -2.77. The van der Waals surface area contributed by atoms with Crippen LogP contribution in [-0.2, 0) is 14.3 Å². The molecule has 0 aliphatic heterocycles. The van der Waals surface area contributed by atoms with E-state index in [4.69, 9.17) is 23.7 Å². The predicted octanol–water partition coefficient (Wildman–Crippen LogP) is 8.49. The number of rotatable bonds is 9. The van der Waals surface area contributed by atoms with Gasteiger partial charge in [-0.05, 0) is 76.8 Å². The third-order valence-corrected chi connectivity index (χ3v) is 6.92. The smallest absolute Gasteiger partial charge is 0.428 e. The molecule has 0 N–H and O–H groups in total. The molecule has 0 aliphatic carbocycles. The molecule has 0 aromatic heterocycles. The normalized spacial score (nSPS) is 14.2. The molecule has 0 fully saturated rings.